The Labute approximate surface area is 200 Å². The highest BCUT2D eigenvalue weighted by atomic mass is 35.5. The molecule has 0 unspecified atom stereocenters. The number of hydrogen-bond acceptors (Lipinski definition) is 4. The van der Waals surface area contributed by atoms with Crippen LogP contribution in [0.25, 0.3) is 0 Å². The Balaban J connectivity index is 1.74. The van der Waals surface area contributed by atoms with Crippen LogP contribution < -0.4 is 15.4 Å². The van der Waals surface area contributed by atoms with Gasteiger partial charge >= 0.3 is 0 Å². The summed E-state index contributed by atoms with van der Waals surface area (Å²) in [6.07, 6.45) is 0. The number of carbonyl (C=O) groups excluding carboxylic acids is 2. The number of halogens is 6. The van der Waals surface area contributed by atoms with Gasteiger partial charge in [0.25, 0.3) is 11.8 Å². The number of nitrogens with one attached hydrogen (secondary N) is 2. The highest BCUT2D eigenvalue weighted by molar-refractivity contribution is 6.34. The molecule has 0 saturated carbocycles. The Kier molecular flexibility index (Phi) is 7.49. The van der Waals surface area contributed by atoms with Crippen molar-refractivity contribution >= 4 is 34.8 Å². The molecule has 12 heteroatoms. The van der Waals surface area contributed by atoms with Crippen LogP contribution in [0.4, 0.5) is 33.3 Å². The summed E-state index contributed by atoms with van der Waals surface area (Å²) in [5, 5.41) is 14.0. The molecule has 0 fully saturated rings. The Morgan fingerprint density at radius 3 is 2.09 bits per heavy atom. The van der Waals surface area contributed by atoms with Gasteiger partial charge in [-0.15, -0.1) is 0 Å². The molecule has 3 aromatic carbocycles. The second-order valence-corrected chi connectivity index (χ2v) is 7.76. The third-order valence-electron chi connectivity index (χ3n) is 4.73. The lowest BCUT2D eigenvalue weighted by atomic mass is 10.1. The molecule has 35 heavy (non-hydrogen) atoms. The third kappa shape index (κ3) is 5.46. The first-order chi connectivity index (χ1) is 16.4. The van der Waals surface area contributed by atoms with E-state index in [0.29, 0.717) is 5.75 Å². The molecule has 3 rings (SSSR count). The van der Waals surface area contributed by atoms with Gasteiger partial charge in [-0.3, -0.25) is 9.59 Å². The van der Waals surface area contributed by atoms with Gasteiger partial charge < -0.3 is 20.5 Å². The lowest BCUT2D eigenvalue weighted by Gasteiger charge is -2.14. The highest BCUT2D eigenvalue weighted by Crippen LogP contribution is 2.34. The molecular weight excluding hydrogens is 499 g/mol. The highest BCUT2D eigenvalue weighted by Gasteiger charge is 2.30. The zero-order valence-corrected chi connectivity index (χ0v) is 18.8. The zero-order valence-electron chi connectivity index (χ0n) is 18.0. The van der Waals surface area contributed by atoms with Crippen molar-refractivity contribution in [3.63, 3.8) is 0 Å². The molecule has 0 atom stereocenters. The van der Waals surface area contributed by atoms with E-state index in [2.05, 4.69) is 5.32 Å². The van der Waals surface area contributed by atoms with Crippen LogP contribution in [0.1, 0.15) is 21.5 Å². The Morgan fingerprint density at radius 2 is 1.49 bits per heavy atom. The van der Waals surface area contributed by atoms with Crippen LogP contribution in [0.5, 0.6) is 11.5 Å². The van der Waals surface area contributed by atoms with Crippen molar-refractivity contribution in [1.29, 1.82) is 0 Å². The van der Waals surface area contributed by atoms with Crippen LogP contribution in [-0.2, 0) is 4.79 Å². The molecule has 0 aromatic heterocycles. The van der Waals surface area contributed by atoms with E-state index < -0.39 is 64.5 Å². The summed E-state index contributed by atoms with van der Waals surface area (Å²) < 4.78 is 73.1. The summed E-state index contributed by atoms with van der Waals surface area (Å²) in [5.74, 6) is -14.2. The molecule has 3 N–H and O–H groups in total. The Bertz CT molecular complexity index is 1320. The average Bonchev–Trinajstić information content (AvgIpc) is 2.79. The number of phenols is 1. The van der Waals surface area contributed by atoms with Crippen molar-refractivity contribution in [2.24, 2.45) is 0 Å². The predicted octanol–water partition coefficient (Wildman–Crippen LogP) is 5.63. The van der Waals surface area contributed by atoms with Crippen molar-refractivity contribution in [1.82, 2.24) is 0 Å². The molecule has 3 aromatic rings. The number of aromatic hydroxyl groups is 1. The number of amides is 2. The molecular formula is C23H16ClF5N2O4. The minimum Gasteiger partial charge on any atom is -0.506 e. The number of hydrogen-bond donors (Lipinski definition) is 3. The van der Waals surface area contributed by atoms with E-state index in [1.807, 2.05) is 18.3 Å². The monoisotopic (exact) mass is 514 g/mol. The maximum Gasteiger partial charge on any atom is 0.262 e. The summed E-state index contributed by atoms with van der Waals surface area (Å²) >= 11 is 5.99. The van der Waals surface area contributed by atoms with Crippen molar-refractivity contribution in [3.8, 4) is 11.5 Å². The van der Waals surface area contributed by atoms with Gasteiger partial charge in [-0.25, -0.2) is 22.0 Å². The molecule has 0 saturated heterocycles. The molecule has 184 valence electrons. The Morgan fingerprint density at radius 1 is 0.886 bits per heavy atom. The van der Waals surface area contributed by atoms with Gasteiger partial charge in [-0.1, -0.05) is 29.3 Å². The first-order valence-corrected chi connectivity index (χ1v) is 10.1. The number of anilines is 2. The standard InChI is InChI=1S/C23H16ClF5N2O4/c1-9-3-4-15(10(2)5-9)35-8-16(33)30-13-6-11(24)12(7-14(13)32)31-23(34)17-18(25)20(27)22(29)21(28)19(17)26/h3-7,32H,8H2,1-2H3,(H,30,33)(H,31,34). The van der Waals surface area contributed by atoms with Crippen LogP contribution >= 0.6 is 11.6 Å². The number of phenolic OH excluding ortho intramolecular Hbond substituents is 1. The van der Waals surface area contributed by atoms with Crippen molar-refractivity contribution in [2.75, 3.05) is 17.2 Å². The van der Waals surface area contributed by atoms with Crippen molar-refractivity contribution in [3.05, 3.63) is 81.1 Å². The number of ether oxygens (including phenoxy) is 1. The molecule has 0 aliphatic rings. The fraction of sp³-hybridized carbons (Fsp3) is 0.130. The van der Waals surface area contributed by atoms with Crippen LogP contribution in [0.2, 0.25) is 5.02 Å². The second-order valence-electron chi connectivity index (χ2n) is 7.35. The van der Waals surface area contributed by atoms with E-state index >= 15 is 0 Å². The average molecular weight is 515 g/mol. The van der Waals surface area contributed by atoms with Crippen molar-refractivity contribution in [2.45, 2.75) is 13.8 Å². The second kappa shape index (κ2) is 10.2. The topological polar surface area (TPSA) is 87.7 Å². The van der Waals surface area contributed by atoms with E-state index in [1.165, 1.54) is 0 Å². The van der Waals surface area contributed by atoms with E-state index in [-0.39, 0.29) is 10.7 Å². The van der Waals surface area contributed by atoms with Gasteiger partial charge in [-0.2, -0.15) is 0 Å². The van der Waals surface area contributed by atoms with E-state index in [1.54, 1.807) is 19.1 Å². The van der Waals surface area contributed by atoms with Crippen LogP contribution in [0.15, 0.2) is 30.3 Å². The SMILES string of the molecule is Cc1ccc(OCC(=O)Nc2cc(Cl)c(NC(=O)c3c(F)c(F)c(F)c(F)c3F)cc2O)c(C)c1. The maximum absolute atomic E-state index is 13.9. The number of carbonyl (C=O) groups is 2. The van der Waals surface area contributed by atoms with Gasteiger partial charge in [0.1, 0.15) is 17.1 Å². The molecule has 2 amide bonds. The van der Waals surface area contributed by atoms with Crippen LogP contribution in [0.3, 0.4) is 0 Å². The minimum absolute atomic E-state index is 0.196. The number of rotatable bonds is 6. The van der Waals surface area contributed by atoms with Gasteiger partial charge in [0, 0.05) is 6.07 Å². The first kappa shape index (κ1) is 25.8. The maximum atomic E-state index is 13.9. The lowest BCUT2D eigenvalue weighted by molar-refractivity contribution is -0.118. The molecule has 6 nitrogen and oxygen atoms in total. The first-order valence-electron chi connectivity index (χ1n) is 9.75. The fourth-order valence-electron chi connectivity index (χ4n) is 3.04. The molecule has 0 aliphatic carbocycles. The van der Waals surface area contributed by atoms with Gasteiger partial charge in [0.15, 0.2) is 29.9 Å². The summed E-state index contributed by atoms with van der Waals surface area (Å²) in [6, 6.07) is 7.16. The van der Waals surface area contributed by atoms with Crippen LogP contribution in [-0.4, -0.2) is 23.5 Å². The van der Waals surface area contributed by atoms with Crippen molar-refractivity contribution < 1.29 is 41.4 Å². The molecule has 0 aliphatic heterocycles. The zero-order chi connectivity index (χ0) is 26.0. The summed E-state index contributed by atoms with van der Waals surface area (Å²) in [5.41, 5.74) is -0.553. The summed E-state index contributed by atoms with van der Waals surface area (Å²) in [6.45, 7) is 3.27. The van der Waals surface area contributed by atoms with E-state index in [0.717, 1.165) is 23.3 Å². The lowest BCUT2D eigenvalue weighted by Crippen LogP contribution is -2.21. The summed E-state index contributed by atoms with van der Waals surface area (Å²) in [4.78, 5) is 24.4. The summed E-state index contributed by atoms with van der Waals surface area (Å²) in [7, 11) is 0. The molecule has 0 heterocycles. The van der Waals surface area contributed by atoms with Crippen LogP contribution in [0, 0.1) is 42.9 Å². The molecule has 0 radical (unpaired) electrons. The van der Waals surface area contributed by atoms with E-state index in [4.69, 9.17) is 16.3 Å². The van der Waals surface area contributed by atoms with Gasteiger partial charge in [-0.05, 0) is 31.5 Å². The molecule has 0 spiro atoms. The third-order valence-corrected chi connectivity index (χ3v) is 5.05. The fourth-order valence-corrected chi connectivity index (χ4v) is 3.25. The smallest absolute Gasteiger partial charge is 0.262 e. The van der Waals surface area contributed by atoms with Gasteiger partial charge in [0.2, 0.25) is 5.82 Å². The largest absolute Gasteiger partial charge is 0.506 e. The van der Waals surface area contributed by atoms with E-state index in [9.17, 15) is 36.6 Å². The number of benzene rings is 3. The Hall–Kier alpha value is -3.86. The predicted molar refractivity (Wildman–Crippen MR) is 117 cm³/mol. The van der Waals surface area contributed by atoms with Gasteiger partial charge in [0.05, 0.1) is 16.4 Å². The quantitative estimate of drug-likeness (QED) is 0.172. The minimum atomic E-state index is -2.42. The normalized spacial score (nSPS) is 10.7. The number of aryl methyl sites for hydroxylation is 2. The molecule has 0 bridgehead atoms.